The first-order chi connectivity index (χ1) is 50.2. The lowest BCUT2D eigenvalue weighted by molar-refractivity contribution is -0.161. The highest BCUT2D eigenvalue weighted by molar-refractivity contribution is 7.47. The molecule has 0 spiro atoms. The Hall–Kier alpha value is -1.94. The molecule has 0 fully saturated rings. The van der Waals surface area contributed by atoms with Crippen molar-refractivity contribution in [2.75, 3.05) is 39.6 Å². The van der Waals surface area contributed by atoms with Crippen molar-refractivity contribution in [2.24, 2.45) is 17.8 Å². The topological polar surface area (TPSA) is 237 Å². The molecule has 0 bridgehead atoms. The molecule has 0 heterocycles. The second-order valence-electron chi connectivity index (χ2n) is 32.0. The third kappa shape index (κ3) is 78.2. The Balaban J connectivity index is 5.23. The summed E-state index contributed by atoms with van der Waals surface area (Å²) in [4.78, 5) is 73.2. The van der Waals surface area contributed by atoms with E-state index in [0.29, 0.717) is 31.6 Å². The number of aliphatic hydroxyl groups excluding tert-OH is 1. The molecule has 0 aromatic heterocycles. The van der Waals surface area contributed by atoms with E-state index in [4.69, 9.17) is 37.0 Å². The molecule has 5 atom stereocenters. The maximum atomic E-state index is 13.1. The molecule has 0 aliphatic rings. The fraction of sp³-hybridized carbons (Fsp3) is 0.953. The quantitative estimate of drug-likeness (QED) is 0.0222. The van der Waals surface area contributed by atoms with Crippen LogP contribution in [0.5, 0.6) is 0 Å². The molecule has 0 saturated carbocycles. The standard InChI is InChI=1S/C85H166O17P2/c1-8-9-10-11-12-13-14-15-16-19-23-28-33-38-45-52-59-66-82(87)95-72-80(101-84(89)68-61-54-46-39-34-29-24-21-18-17-20-22-26-31-36-42-49-56-63-76(2)3)74-99-103(91,92)97-70-79(86)71-98-104(93,94)100-75-81(73-96-83(88)67-60-53-48-41-44-51-58-65-78(6)7)102-85(90)69-62-55-47-40-35-30-25-27-32-37-43-50-57-64-77(4)5/h76-81,86H,8-75H2,1-7H3,(H,91,92)(H,93,94)/t79-,80-,81-/m1/s1. The summed E-state index contributed by atoms with van der Waals surface area (Å²) in [6.45, 7) is 12.0. The first kappa shape index (κ1) is 102. The summed E-state index contributed by atoms with van der Waals surface area (Å²) < 4.78 is 68.8. The fourth-order valence-corrected chi connectivity index (χ4v) is 14.8. The normalized spacial score (nSPS) is 13.9. The Morgan fingerprint density at radius 3 is 0.654 bits per heavy atom. The Morgan fingerprint density at radius 1 is 0.260 bits per heavy atom. The number of carbonyl (C=O) groups excluding carboxylic acids is 4. The van der Waals surface area contributed by atoms with Crippen molar-refractivity contribution in [1.82, 2.24) is 0 Å². The fourth-order valence-electron chi connectivity index (χ4n) is 13.2. The van der Waals surface area contributed by atoms with E-state index in [0.717, 1.165) is 108 Å². The van der Waals surface area contributed by atoms with Gasteiger partial charge in [-0.05, 0) is 43.4 Å². The van der Waals surface area contributed by atoms with Gasteiger partial charge in [0.05, 0.1) is 26.4 Å². The maximum Gasteiger partial charge on any atom is 0.472 e. The van der Waals surface area contributed by atoms with Crippen molar-refractivity contribution in [3.63, 3.8) is 0 Å². The van der Waals surface area contributed by atoms with E-state index in [1.807, 2.05) is 0 Å². The van der Waals surface area contributed by atoms with Crippen LogP contribution in [0.2, 0.25) is 0 Å². The third-order valence-electron chi connectivity index (χ3n) is 19.9. The van der Waals surface area contributed by atoms with Crippen molar-refractivity contribution in [1.29, 1.82) is 0 Å². The van der Waals surface area contributed by atoms with Crippen LogP contribution in [0.1, 0.15) is 447 Å². The van der Waals surface area contributed by atoms with Crippen LogP contribution < -0.4 is 0 Å². The molecule has 0 rings (SSSR count). The third-order valence-corrected chi connectivity index (χ3v) is 21.8. The second kappa shape index (κ2) is 75.1. The molecule has 17 nitrogen and oxygen atoms in total. The van der Waals surface area contributed by atoms with E-state index in [2.05, 4.69) is 48.5 Å². The Kier molecular flexibility index (Phi) is 73.7. The number of hydrogen-bond donors (Lipinski definition) is 3. The van der Waals surface area contributed by atoms with Crippen molar-refractivity contribution >= 4 is 39.5 Å². The van der Waals surface area contributed by atoms with Crippen LogP contribution in [-0.2, 0) is 65.4 Å². The molecule has 618 valence electrons. The number of phosphoric ester groups is 2. The lowest BCUT2D eigenvalue weighted by atomic mass is 10.0. The average molecular weight is 1520 g/mol. The summed E-state index contributed by atoms with van der Waals surface area (Å²) in [5, 5.41) is 10.7. The van der Waals surface area contributed by atoms with Crippen LogP contribution in [-0.4, -0.2) is 96.7 Å². The van der Waals surface area contributed by atoms with Gasteiger partial charge in [-0.2, -0.15) is 0 Å². The molecule has 19 heteroatoms. The zero-order valence-electron chi connectivity index (χ0n) is 68.5. The Bertz CT molecular complexity index is 2010. The van der Waals surface area contributed by atoms with Gasteiger partial charge in [0.25, 0.3) is 0 Å². The van der Waals surface area contributed by atoms with Gasteiger partial charge in [0.2, 0.25) is 0 Å². The smallest absolute Gasteiger partial charge is 0.462 e. The predicted octanol–water partition coefficient (Wildman–Crippen LogP) is 25.7. The minimum absolute atomic E-state index is 0.107. The Morgan fingerprint density at radius 2 is 0.442 bits per heavy atom. The summed E-state index contributed by atoms with van der Waals surface area (Å²) in [7, 11) is -9.93. The van der Waals surface area contributed by atoms with Crippen molar-refractivity contribution < 1.29 is 80.2 Å². The lowest BCUT2D eigenvalue weighted by Gasteiger charge is -2.21. The summed E-state index contributed by atoms with van der Waals surface area (Å²) in [5.74, 6) is 0.205. The Labute approximate surface area is 638 Å². The van der Waals surface area contributed by atoms with Crippen LogP contribution in [0.15, 0.2) is 0 Å². The van der Waals surface area contributed by atoms with Gasteiger partial charge in [-0.1, -0.05) is 395 Å². The molecule has 0 aliphatic carbocycles. The van der Waals surface area contributed by atoms with E-state index < -0.39 is 97.5 Å². The molecule has 104 heavy (non-hydrogen) atoms. The average Bonchev–Trinajstić information content (AvgIpc) is 1.01. The number of carbonyl (C=O) groups is 4. The van der Waals surface area contributed by atoms with Crippen LogP contribution >= 0.6 is 15.6 Å². The molecule has 2 unspecified atom stereocenters. The second-order valence-corrected chi connectivity index (χ2v) is 34.9. The minimum atomic E-state index is -4.97. The number of esters is 4. The lowest BCUT2D eigenvalue weighted by Crippen LogP contribution is -2.30. The number of ether oxygens (including phenoxy) is 4. The number of rotatable bonds is 83. The first-order valence-corrected chi connectivity index (χ1v) is 46.8. The zero-order valence-corrected chi connectivity index (χ0v) is 70.3. The van der Waals surface area contributed by atoms with E-state index in [1.165, 1.54) is 250 Å². The van der Waals surface area contributed by atoms with E-state index in [9.17, 15) is 43.2 Å². The summed E-state index contributed by atoms with van der Waals surface area (Å²) in [6.07, 6.45) is 65.4. The molecule has 0 aromatic rings. The van der Waals surface area contributed by atoms with Crippen LogP contribution in [0, 0.1) is 17.8 Å². The van der Waals surface area contributed by atoms with Crippen LogP contribution in [0.3, 0.4) is 0 Å². The van der Waals surface area contributed by atoms with Crippen molar-refractivity contribution in [2.45, 2.75) is 465 Å². The zero-order chi connectivity index (χ0) is 76.5. The molecule has 3 N–H and O–H groups in total. The molecule has 0 saturated heterocycles. The first-order valence-electron chi connectivity index (χ1n) is 43.8. The SMILES string of the molecule is CCCCCCCCCCCCCCCCCCCC(=O)OC[C@H](COP(=O)(O)OC[C@@H](O)COP(=O)(O)OC[C@@H](COC(=O)CCCCCCCCCC(C)C)OC(=O)CCCCCCCCCCCCCCCC(C)C)OC(=O)CCCCCCCCCCCCCCCCCCCCC(C)C. The van der Waals surface area contributed by atoms with E-state index in [1.54, 1.807) is 0 Å². The molecule has 0 aliphatic heterocycles. The monoisotopic (exact) mass is 1520 g/mol. The van der Waals surface area contributed by atoms with E-state index in [-0.39, 0.29) is 25.7 Å². The number of unbranched alkanes of at least 4 members (excludes halogenated alkanes) is 51. The maximum absolute atomic E-state index is 13.1. The van der Waals surface area contributed by atoms with Gasteiger partial charge in [-0.25, -0.2) is 9.13 Å². The summed E-state index contributed by atoms with van der Waals surface area (Å²) >= 11 is 0. The molecule has 0 amide bonds. The van der Waals surface area contributed by atoms with Gasteiger partial charge in [0.1, 0.15) is 19.3 Å². The molecular formula is C85H166O17P2. The highest BCUT2D eigenvalue weighted by atomic mass is 31.2. The number of aliphatic hydroxyl groups is 1. The van der Waals surface area contributed by atoms with Crippen LogP contribution in [0.25, 0.3) is 0 Å². The highest BCUT2D eigenvalue weighted by Crippen LogP contribution is 2.45. The van der Waals surface area contributed by atoms with E-state index >= 15 is 0 Å². The highest BCUT2D eigenvalue weighted by Gasteiger charge is 2.30. The van der Waals surface area contributed by atoms with Gasteiger partial charge < -0.3 is 33.8 Å². The van der Waals surface area contributed by atoms with Crippen molar-refractivity contribution in [3.05, 3.63) is 0 Å². The largest absolute Gasteiger partial charge is 0.472 e. The molecule has 0 radical (unpaired) electrons. The van der Waals surface area contributed by atoms with Gasteiger partial charge in [0.15, 0.2) is 12.2 Å². The molecule has 0 aromatic carbocycles. The predicted molar refractivity (Wildman–Crippen MR) is 428 cm³/mol. The van der Waals surface area contributed by atoms with Crippen LogP contribution in [0.4, 0.5) is 0 Å². The summed E-state index contributed by atoms with van der Waals surface area (Å²) in [5.41, 5.74) is 0. The van der Waals surface area contributed by atoms with Crippen molar-refractivity contribution in [3.8, 4) is 0 Å². The number of hydrogen-bond acceptors (Lipinski definition) is 15. The van der Waals surface area contributed by atoms with Gasteiger partial charge in [-0.3, -0.25) is 37.3 Å². The minimum Gasteiger partial charge on any atom is -0.462 e. The number of phosphoric acid groups is 2. The van der Waals surface area contributed by atoms with Gasteiger partial charge in [0, 0.05) is 25.7 Å². The molecular weight excluding hydrogens is 1350 g/mol. The van der Waals surface area contributed by atoms with Gasteiger partial charge in [-0.15, -0.1) is 0 Å². The van der Waals surface area contributed by atoms with Gasteiger partial charge >= 0.3 is 39.5 Å². The summed E-state index contributed by atoms with van der Waals surface area (Å²) in [6, 6.07) is 0.